The number of fused-ring (bicyclic) bond motifs is 3. The number of rotatable bonds is 2. The summed E-state index contributed by atoms with van der Waals surface area (Å²) in [6.45, 7) is 0.740. The Hall–Kier alpha value is -1.81. The minimum absolute atomic E-state index is 0.131. The van der Waals surface area contributed by atoms with E-state index in [0.717, 1.165) is 28.6 Å². The standard InChI is InChI=1S/C13H11ClN2O2/c14-6-9-7-15-10-5-4-8-2-1-3-11(16(17)18)13(8)12(9)10/h1-5,9,15H,6-7H2. The molecule has 18 heavy (non-hydrogen) atoms. The van der Waals surface area contributed by atoms with Gasteiger partial charge in [-0.15, -0.1) is 11.6 Å². The summed E-state index contributed by atoms with van der Waals surface area (Å²) in [6, 6.07) is 9.03. The third-order valence-electron chi connectivity index (χ3n) is 3.39. The zero-order chi connectivity index (χ0) is 12.7. The predicted octanol–water partition coefficient (Wildman–Crippen LogP) is 3.50. The maximum atomic E-state index is 11.2. The number of nitrogens with one attached hydrogen (secondary N) is 1. The van der Waals surface area contributed by atoms with Gasteiger partial charge in [-0.05, 0) is 17.0 Å². The minimum Gasteiger partial charge on any atom is -0.384 e. The Morgan fingerprint density at radius 3 is 2.94 bits per heavy atom. The molecular formula is C13H11ClN2O2. The van der Waals surface area contributed by atoms with Gasteiger partial charge in [0.1, 0.15) is 0 Å². The van der Waals surface area contributed by atoms with Crippen molar-refractivity contribution in [2.24, 2.45) is 0 Å². The predicted molar refractivity (Wildman–Crippen MR) is 72.6 cm³/mol. The molecule has 2 aromatic rings. The maximum Gasteiger partial charge on any atom is 0.277 e. The van der Waals surface area contributed by atoms with Gasteiger partial charge in [0, 0.05) is 30.1 Å². The highest BCUT2D eigenvalue weighted by Crippen LogP contribution is 2.41. The highest BCUT2D eigenvalue weighted by Gasteiger charge is 2.27. The van der Waals surface area contributed by atoms with Gasteiger partial charge < -0.3 is 5.32 Å². The molecule has 1 aliphatic rings. The molecule has 2 aromatic carbocycles. The molecule has 0 saturated carbocycles. The first-order chi connectivity index (χ1) is 8.72. The van der Waals surface area contributed by atoms with Crippen molar-refractivity contribution < 1.29 is 4.92 Å². The molecule has 0 radical (unpaired) electrons. The van der Waals surface area contributed by atoms with E-state index < -0.39 is 0 Å². The number of non-ortho nitro benzene ring substituents is 1. The highest BCUT2D eigenvalue weighted by atomic mass is 35.5. The quantitative estimate of drug-likeness (QED) is 0.512. The molecule has 0 aromatic heterocycles. The second-order valence-corrected chi connectivity index (χ2v) is 4.70. The molecule has 1 N–H and O–H groups in total. The topological polar surface area (TPSA) is 55.2 Å². The van der Waals surface area contributed by atoms with Crippen molar-refractivity contribution >= 4 is 33.7 Å². The number of anilines is 1. The van der Waals surface area contributed by atoms with E-state index in [-0.39, 0.29) is 16.5 Å². The van der Waals surface area contributed by atoms with Gasteiger partial charge in [0.05, 0.1) is 10.3 Å². The van der Waals surface area contributed by atoms with Gasteiger partial charge in [0.2, 0.25) is 0 Å². The number of hydrogen-bond acceptors (Lipinski definition) is 3. The van der Waals surface area contributed by atoms with E-state index in [2.05, 4.69) is 5.32 Å². The van der Waals surface area contributed by atoms with Crippen LogP contribution in [0.25, 0.3) is 10.8 Å². The lowest BCUT2D eigenvalue weighted by molar-refractivity contribution is -0.383. The van der Waals surface area contributed by atoms with Crippen LogP contribution in [0, 0.1) is 10.1 Å². The second kappa shape index (κ2) is 4.14. The lowest BCUT2D eigenvalue weighted by Gasteiger charge is -2.09. The van der Waals surface area contributed by atoms with Crippen LogP contribution in [-0.2, 0) is 0 Å². The van der Waals surface area contributed by atoms with Crippen molar-refractivity contribution in [3.05, 3.63) is 46.0 Å². The fourth-order valence-corrected chi connectivity index (χ4v) is 2.85. The number of nitrogens with zero attached hydrogens (tertiary/aromatic N) is 1. The average Bonchev–Trinajstić information content (AvgIpc) is 2.80. The van der Waals surface area contributed by atoms with Crippen molar-refractivity contribution in [3.8, 4) is 0 Å². The molecule has 0 spiro atoms. The first-order valence-corrected chi connectivity index (χ1v) is 6.25. The van der Waals surface area contributed by atoms with Crippen LogP contribution in [-0.4, -0.2) is 17.3 Å². The number of nitro benzene ring substituents is 1. The van der Waals surface area contributed by atoms with E-state index >= 15 is 0 Å². The van der Waals surface area contributed by atoms with E-state index in [1.807, 2.05) is 18.2 Å². The maximum absolute atomic E-state index is 11.2. The molecule has 4 nitrogen and oxygen atoms in total. The monoisotopic (exact) mass is 262 g/mol. The van der Waals surface area contributed by atoms with Crippen LogP contribution in [0.1, 0.15) is 11.5 Å². The summed E-state index contributed by atoms with van der Waals surface area (Å²) >= 11 is 5.96. The van der Waals surface area contributed by atoms with Crippen LogP contribution in [0.4, 0.5) is 11.4 Å². The highest BCUT2D eigenvalue weighted by molar-refractivity contribution is 6.18. The van der Waals surface area contributed by atoms with Crippen molar-refractivity contribution in [1.29, 1.82) is 0 Å². The molecule has 1 heterocycles. The molecule has 1 atom stereocenters. The lowest BCUT2D eigenvalue weighted by atomic mass is 9.95. The van der Waals surface area contributed by atoms with Crippen molar-refractivity contribution in [1.82, 2.24) is 0 Å². The van der Waals surface area contributed by atoms with Crippen molar-refractivity contribution in [3.63, 3.8) is 0 Å². The summed E-state index contributed by atoms with van der Waals surface area (Å²) in [6.07, 6.45) is 0. The Bertz CT molecular complexity index is 642. The van der Waals surface area contributed by atoms with Crippen molar-refractivity contribution in [2.45, 2.75) is 5.92 Å². The van der Waals surface area contributed by atoms with Gasteiger partial charge >= 0.3 is 0 Å². The third-order valence-corrected chi connectivity index (χ3v) is 3.77. The summed E-state index contributed by atoms with van der Waals surface area (Å²) in [5.41, 5.74) is 2.10. The minimum atomic E-state index is -0.327. The third kappa shape index (κ3) is 1.53. The molecule has 3 rings (SSSR count). The van der Waals surface area contributed by atoms with Crippen LogP contribution in [0.2, 0.25) is 0 Å². The Morgan fingerprint density at radius 2 is 2.22 bits per heavy atom. The average molecular weight is 263 g/mol. The van der Waals surface area contributed by atoms with Crippen LogP contribution in [0.3, 0.4) is 0 Å². The van der Waals surface area contributed by atoms with Gasteiger partial charge in [-0.2, -0.15) is 0 Å². The summed E-state index contributed by atoms with van der Waals surface area (Å²) < 4.78 is 0. The molecule has 0 fully saturated rings. The molecular weight excluding hydrogens is 252 g/mol. The summed E-state index contributed by atoms with van der Waals surface area (Å²) in [5.74, 6) is 0.594. The molecule has 5 heteroatoms. The van der Waals surface area contributed by atoms with E-state index in [0.29, 0.717) is 5.88 Å². The first-order valence-electron chi connectivity index (χ1n) is 5.72. The first kappa shape index (κ1) is 11.3. The van der Waals surface area contributed by atoms with Gasteiger partial charge in [-0.25, -0.2) is 0 Å². The van der Waals surface area contributed by atoms with Crippen molar-refractivity contribution in [2.75, 3.05) is 17.7 Å². The molecule has 92 valence electrons. The van der Waals surface area contributed by atoms with Crippen LogP contribution < -0.4 is 5.32 Å². The molecule has 0 aliphatic carbocycles. The molecule has 0 amide bonds. The number of nitro groups is 1. The van der Waals surface area contributed by atoms with Crippen LogP contribution in [0.5, 0.6) is 0 Å². The number of hydrogen-bond donors (Lipinski definition) is 1. The summed E-state index contributed by atoms with van der Waals surface area (Å²) in [7, 11) is 0. The fourth-order valence-electron chi connectivity index (χ4n) is 2.58. The van der Waals surface area contributed by atoms with Crippen LogP contribution in [0.15, 0.2) is 30.3 Å². The van der Waals surface area contributed by atoms with Gasteiger partial charge in [0.15, 0.2) is 0 Å². The van der Waals surface area contributed by atoms with Gasteiger partial charge in [-0.3, -0.25) is 10.1 Å². The lowest BCUT2D eigenvalue weighted by Crippen LogP contribution is -2.03. The smallest absolute Gasteiger partial charge is 0.277 e. The van der Waals surface area contributed by atoms with E-state index in [4.69, 9.17) is 11.6 Å². The summed E-state index contributed by atoms with van der Waals surface area (Å²) in [4.78, 5) is 10.8. The molecule has 0 bridgehead atoms. The Morgan fingerprint density at radius 1 is 1.39 bits per heavy atom. The summed E-state index contributed by atoms with van der Waals surface area (Å²) in [5, 5.41) is 16.0. The van der Waals surface area contributed by atoms with E-state index in [1.54, 1.807) is 12.1 Å². The number of benzene rings is 2. The Kier molecular flexibility index (Phi) is 2.59. The van der Waals surface area contributed by atoms with E-state index in [9.17, 15) is 10.1 Å². The Labute approximate surface area is 109 Å². The Balaban J connectivity index is 2.40. The van der Waals surface area contributed by atoms with Gasteiger partial charge in [-0.1, -0.05) is 18.2 Å². The van der Waals surface area contributed by atoms with Crippen LogP contribution >= 0.6 is 11.6 Å². The number of alkyl halides is 1. The van der Waals surface area contributed by atoms with E-state index in [1.165, 1.54) is 0 Å². The molecule has 1 unspecified atom stereocenters. The SMILES string of the molecule is O=[N+]([O-])c1cccc2ccc3c(c12)C(CCl)CN3. The second-order valence-electron chi connectivity index (χ2n) is 4.39. The zero-order valence-electron chi connectivity index (χ0n) is 9.52. The number of halogens is 1. The largest absolute Gasteiger partial charge is 0.384 e. The zero-order valence-corrected chi connectivity index (χ0v) is 10.3. The van der Waals surface area contributed by atoms with Gasteiger partial charge in [0.25, 0.3) is 5.69 Å². The fraction of sp³-hybridized carbons (Fsp3) is 0.231. The normalized spacial score (nSPS) is 17.5. The molecule has 0 saturated heterocycles. The molecule has 1 aliphatic heterocycles.